The summed E-state index contributed by atoms with van der Waals surface area (Å²) in [6, 6.07) is 18.0. The lowest BCUT2D eigenvalue weighted by Crippen LogP contribution is -2.19. The van der Waals surface area contributed by atoms with Gasteiger partial charge in [-0.2, -0.15) is 4.98 Å². The number of hydrogen-bond acceptors (Lipinski definition) is 6. The molecule has 1 fully saturated rings. The van der Waals surface area contributed by atoms with Gasteiger partial charge in [0, 0.05) is 24.1 Å². The Bertz CT molecular complexity index is 1130. The van der Waals surface area contributed by atoms with Gasteiger partial charge in [-0.15, -0.1) is 0 Å². The second kappa shape index (κ2) is 7.64. The Kier molecular flexibility index (Phi) is 4.69. The normalized spacial score (nSPS) is 16.4. The lowest BCUT2D eigenvalue weighted by atomic mass is 10.1. The van der Waals surface area contributed by atoms with Gasteiger partial charge in [-0.25, -0.2) is 4.98 Å². The highest BCUT2D eigenvalue weighted by Gasteiger charge is 2.19. The van der Waals surface area contributed by atoms with Crippen molar-refractivity contribution in [3.63, 3.8) is 0 Å². The number of ether oxygens (including phenoxy) is 1. The molecule has 1 unspecified atom stereocenters. The Labute approximate surface area is 168 Å². The van der Waals surface area contributed by atoms with Crippen molar-refractivity contribution < 1.29 is 9.26 Å². The van der Waals surface area contributed by atoms with Crippen LogP contribution in [0, 0.1) is 6.92 Å². The van der Waals surface area contributed by atoms with Crippen LogP contribution in [0.4, 0.5) is 5.82 Å². The van der Waals surface area contributed by atoms with E-state index in [0.29, 0.717) is 18.3 Å². The average Bonchev–Trinajstić information content (AvgIpc) is 3.45. The molecule has 1 N–H and O–H groups in total. The van der Waals surface area contributed by atoms with Gasteiger partial charge in [0.15, 0.2) is 0 Å². The van der Waals surface area contributed by atoms with Crippen LogP contribution in [0.5, 0.6) is 0 Å². The third-order valence-corrected chi connectivity index (χ3v) is 5.26. The van der Waals surface area contributed by atoms with Crippen molar-refractivity contribution in [3.05, 3.63) is 60.2 Å². The Morgan fingerprint density at radius 2 is 1.97 bits per heavy atom. The maximum Gasteiger partial charge on any atom is 0.258 e. The zero-order valence-electron chi connectivity index (χ0n) is 16.3. The average molecular weight is 386 g/mol. The van der Waals surface area contributed by atoms with E-state index in [2.05, 4.69) is 40.6 Å². The second-order valence-corrected chi connectivity index (χ2v) is 7.34. The minimum atomic E-state index is 0.211. The first kappa shape index (κ1) is 17.8. The van der Waals surface area contributed by atoms with Gasteiger partial charge in [0.25, 0.3) is 5.89 Å². The first-order valence-corrected chi connectivity index (χ1v) is 9.93. The van der Waals surface area contributed by atoms with E-state index in [0.717, 1.165) is 52.9 Å². The molecule has 6 heteroatoms. The molecule has 0 spiro atoms. The maximum absolute atomic E-state index is 5.75. The minimum Gasteiger partial charge on any atom is -0.376 e. The van der Waals surface area contributed by atoms with Crippen LogP contribution in [0.15, 0.2) is 59.1 Å². The summed E-state index contributed by atoms with van der Waals surface area (Å²) in [7, 11) is 0. The molecule has 1 aliphatic heterocycles. The van der Waals surface area contributed by atoms with Gasteiger partial charge in [-0.05, 0) is 43.5 Å². The predicted octanol–water partition coefficient (Wildman–Crippen LogP) is 4.85. The molecule has 2 aromatic carbocycles. The van der Waals surface area contributed by atoms with Crippen molar-refractivity contribution >= 4 is 16.7 Å². The van der Waals surface area contributed by atoms with Crippen molar-refractivity contribution in [3.8, 4) is 22.8 Å². The third-order valence-electron chi connectivity index (χ3n) is 5.26. The van der Waals surface area contributed by atoms with Gasteiger partial charge in [-0.3, -0.25) is 0 Å². The summed E-state index contributed by atoms with van der Waals surface area (Å²) < 4.78 is 11.3. The number of nitrogens with zero attached hydrogens (tertiary/aromatic N) is 3. The summed E-state index contributed by atoms with van der Waals surface area (Å²) in [5.41, 5.74) is 3.82. The van der Waals surface area contributed by atoms with Crippen molar-refractivity contribution in [2.24, 2.45) is 0 Å². The SMILES string of the molecule is Cc1cccc2cc(-c3noc(-c4ccccc4)n3)c(NCC3CCCO3)nc12. The Balaban J connectivity index is 1.55. The first-order chi connectivity index (χ1) is 14.3. The number of aromatic nitrogens is 3. The topological polar surface area (TPSA) is 73.1 Å². The van der Waals surface area contributed by atoms with Crippen LogP contribution in [0.1, 0.15) is 18.4 Å². The molecule has 0 aliphatic carbocycles. The van der Waals surface area contributed by atoms with Gasteiger partial charge in [0.05, 0.1) is 17.2 Å². The van der Waals surface area contributed by atoms with E-state index in [1.807, 2.05) is 36.4 Å². The van der Waals surface area contributed by atoms with E-state index in [1.54, 1.807) is 0 Å². The fourth-order valence-electron chi connectivity index (χ4n) is 3.70. The smallest absolute Gasteiger partial charge is 0.258 e. The molecule has 146 valence electrons. The molecule has 0 radical (unpaired) electrons. The van der Waals surface area contributed by atoms with E-state index in [4.69, 9.17) is 14.2 Å². The van der Waals surface area contributed by atoms with Crippen LogP contribution in [0.2, 0.25) is 0 Å². The zero-order chi connectivity index (χ0) is 19.6. The van der Waals surface area contributed by atoms with Crippen molar-refractivity contribution in [2.75, 3.05) is 18.5 Å². The second-order valence-electron chi connectivity index (χ2n) is 7.34. The first-order valence-electron chi connectivity index (χ1n) is 9.93. The number of benzene rings is 2. The molecule has 0 bridgehead atoms. The van der Waals surface area contributed by atoms with Crippen LogP contribution in [-0.2, 0) is 4.74 Å². The lowest BCUT2D eigenvalue weighted by molar-refractivity contribution is 0.120. The number of fused-ring (bicyclic) bond motifs is 1. The van der Waals surface area contributed by atoms with Crippen LogP contribution in [-0.4, -0.2) is 34.4 Å². The summed E-state index contributed by atoms with van der Waals surface area (Å²) in [5, 5.41) is 8.75. The van der Waals surface area contributed by atoms with Crippen molar-refractivity contribution in [2.45, 2.75) is 25.9 Å². The number of aryl methyl sites for hydroxylation is 1. The largest absolute Gasteiger partial charge is 0.376 e. The van der Waals surface area contributed by atoms with Crippen LogP contribution in [0.3, 0.4) is 0 Å². The van der Waals surface area contributed by atoms with Crippen LogP contribution in [0.25, 0.3) is 33.7 Å². The standard InChI is InChI=1S/C23H22N4O2/c1-15-7-5-10-17-13-19(21(25-20(15)17)24-14-18-11-6-12-28-18)22-26-23(29-27-22)16-8-3-2-4-9-16/h2-5,7-10,13,18H,6,11-12,14H2,1H3,(H,24,25). The third kappa shape index (κ3) is 3.59. The van der Waals surface area contributed by atoms with E-state index >= 15 is 0 Å². The molecular formula is C23H22N4O2. The van der Waals surface area contributed by atoms with Gasteiger partial charge in [0.2, 0.25) is 5.82 Å². The number of pyridine rings is 1. The Morgan fingerprint density at radius 1 is 1.07 bits per heavy atom. The number of anilines is 1. The van der Waals surface area contributed by atoms with Crippen LogP contribution >= 0.6 is 0 Å². The molecule has 0 saturated carbocycles. The minimum absolute atomic E-state index is 0.211. The Hall–Kier alpha value is -3.25. The number of rotatable bonds is 5. The molecule has 1 atom stereocenters. The van der Waals surface area contributed by atoms with Gasteiger partial charge >= 0.3 is 0 Å². The fourth-order valence-corrected chi connectivity index (χ4v) is 3.70. The summed E-state index contributed by atoms with van der Waals surface area (Å²) in [5.74, 6) is 1.77. The summed E-state index contributed by atoms with van der Waals surface area (Å²) in [4.78, 5) is 9.54. The summed E-state index contributed by atoms with van der Waals surface area (Å²) in [6.07, 6.45) is 2.38. The lowest BCUT2D eigenvalue weighted by Gasteiger charge is -2.14. The number of nitrogens with one attached hydrogen (secondary N) is 1. The fraction of sp³-hybridized carbons (Fsp3) is 0.261. The highest BCUT2D eigenvalue weighted by atomic mass is 16.5. The molecule has 5 rings (SSSR count). The van der Waals surface area contributed by atoms with E-state index in [9.17, 15) is 0 Å². The molecule has 0 amide bonds. The molecule has 6 nitrogen and oxygen atoms in total. The molecule has 4 aromatic rings. The van der Waals surface area contributed by atoms with E-state index in [-0.39, 0.29) is 6.10 Å². The van der Waals surface area contributed by atoms with Gasteiger partial charge in [0.1, 0.15) is 5.82 Å². The van der Waals surface area contributed by atoms with E-state index in [1.165, 1.54) is 0 Å². The van der Waals surface area contributed by atoms with Crippen molar-refractivity contribution in [1.29, 1.82) is 0 Å². The van der Waals surface area contributed by atoms with Crippen molar-refractivity contribution in [1.82, 2.24) is 15.1 Å². The molecule has 29 heavy (non-hydrogen) atoms. The maximum atomic E-state index is 5.75. The molecule has 2 aromatic heterocycles. The quantitative estimate of drug-likeness (QED) is 0.528. The number of para-hydroxylation sites is 1. The van der Waals surface area contributed by atoms with Gasteiger partial charge < -0.3 is 14.6 Å². The monoisotopic (exact) mass is 386 g/mol. The Morgan fingerprint density at radius 3 is 2.79 bits per heavy atom. The predicted molar refractivity (Wildman–Crippen MR) is 113 cm³/mol. The molecular weight excluding hydrogens is 364 g/mol. The number of hydrogen-bond donors (Lipinski definition) is 1. The molecule has 1 saturated heterocycles. The molecule has 1 aliphatic rings. The summed E-state index contributed by atoms with van der Waals surface area (Å²) in [6.45, 7) is 3.61. The van der Waals surface area contributed by atoms with Crippen LogP contribution < -0.4 is 5.32 Å². The highest BCUT2D eigenvalue weighted by molar-refractivity contribution is 5.89. The zero-order valence-corrected chi connectivity index (χ0v) is 16.3. The van der Waals surface area contributed by atoms with E-state index < -0.39 is 0 Å². The summed E-state index contributed by atoms with van der Waals surface area (Å²) >= 11 is 0. The van der Waals surface area contributed by atoms with Gasteiger partial charge in [-0.1, -0.05) is 41.6 Å². The highest BCUT2D eigenvalue weighted by Crippen LogP contribution is 2.31. The molecule has 3 heterocycles.